The van der Waals surface area contributed by atoms with Gasteiger partial charge in [-0.25, -0.2) is 0 Å². The smallest absolute Gasteiger partial charge is 0.104 e. The van der Waals surface area contributed by atoms with Crippen LogP contribution in [0.25, 0.3) is 64.6 Å². The highest BCUT2D eigenvalue weighted by atomic mass is 32.1. The molecule has 8 aromatic carbocycles. The molecule has 0 spiro atoms. The van der Waals surface area contributed by atoms with Crippen molar-refractivity contribution in [2.75, 3.05) is 0 Å². The van der Waals surface area contributed by atoms with Crippen LogP contribution < -0.4 is 0 Å². The molecule has 0 amide bonds. The van der Waals surface area contributed by atoms with Crippen LogP contribution in [0.5, 0.6) is 0 Å². The molecule has 8 heteroatoms. The zero-order valence-electron chi connectivity index (χ0n) is 59.3. The summed E-state index contributed by atoms with van der Waals surface area (Å²) < 4.78 is 7.00. The lowest BCUT2D eigenvalue weighted by Crippen LogP contribution is -1.95. The van der Waals surface area contributed by atoms with Crippen LogP contribution in [0.1, 0.15) is 105 Å². The fraction of sp³-hybridized carbons (Fsp3) is 0.207. The van der Waals surface area contributed by atoms with Gasteiger partial charge in [-0.1, -0.05) is 199 Å². The van der Waals surface area contributed by atoms with E-state index in [0.29, 0.717) is 0 Å². The topological polar surface area (TPSA) is 77.6 Å². The van der Waals surface area contributed by atoms with Crippen molar-refractivity contribution in [3.8, 4) is 0 Å². The summed E-state index contributed by atoms with van der Waals surface area (Å²) in [6.45, 7) is 18.6. The summed E-state index contributed by atoms with van der Waals surface area (Å²) in [7, 11) is 0. The maximum Gasteiger partial charge on any atom is 0.104 e. The van der Waals surface area contributed by atoms with Crippen molar-refractivity contribution < 1.29 is 4.42 Å². The van der Waals surface area contributed by atoms with E-state index in [-0.39, 0.29) is 0 Å². The van der Waals surface area contributed by atoms with Gasteiger partial charge in [-0.3, -0.25) is 24.9 Å². The van der Waals surface area contributed by atoms with Crippen LogP contribution in [0.3, 0.4) is 0 Å². The first-order chi connectivity index (χ1) is 48.7. The zero-order chi connectivity index (χ0) is 69.3. The summed E-state index contributed by atoms with van der Waals surface area (Å²) in [6.07, 6.45) is 10.4. The molecule has 0 radical (unpaired) electrons. The Bertz CT molecular complexity index is 5100. The van der Waals surface area contributed by atoms with Crippen LogP contribution in [0, 0.1) is 62.3 Å². The number of fused-ring (bicyclic) bond motifs is 6. The summed E-state index contributed by atoms with van der Waals surface area (Å²) in [5.74, 6) is 2.02. The van der Waals surface area contributed by atoms with Crippen LogP contribution in [-0.4, -0.2) is 24.9 Å². The Balaban J connectivity index is 0.000000119. The minimum absolute atomic E-state index is 0.919. The molecule has 0 N–H and O–H groups in total. The summed E-state index contributed by atoms with van der Waals surface area (Å²) in [6, 6.07) is 90.5. The third-order valence-electron chi connectivity index (χ3n) is 18.3. The number of nitrogens with zero attached hydrogens (tertiary/aromatic N) is 5. The van der Waals surface area contributed by atoms with Crippen molar-refractivity contribution in [3.63, 3.8) is 0 Å². The van der Waals surface area contributed by atoms with Gasteiger partial charge in [-0.05, 0) is 231 Å². The molecular weight excluding hydrogens is 1260 g/mol. The minimum atomic E-state index is 0.919. The lowest BCUT2D eigenvalue weighted by Gasteiger charge is -2.07. The van der Waals surface area contributed by atoms with Crippen LogP contribution in [0.4, 0.5) is 0 Å². The highest BCUT2D eigenvalue weighted by molar-refractivity contribution is 7.19. The minimum Gasteiger partial charge on any atom is -0.466 e. The SMILES string of the molecule is Cc1ccc(CCc2cccc3ccc(C)nc23)cc1.Cc1ccc(CCc2cccc3ccc(C)nc23)cc1.Cc1ccc2cccc(CCc3cc4ccccc4s3)c2n1.Cc1ccc2cccc(CCc3ccc(C)o3)c2n1.Cc1ccc2cccc(CCc3ccc(C)s3)c2n1. The molecule has 6 nitrogen and oxygen atoms in total. The Morgan fingerprint density at radius 1 is 0.260 bits per heavy atom. The number of aryl methyl sites for hydroxylation is 19. The lowest BCUT2D eigenvalue weighted by molar-refractivity contribution is 0.482. The van der Waals surface area contributed by atoms with E-state index in [4.69, 9.17) is 24.4 Å². The van der Waals surface area contributed by atoms with E-state index < -0.39 is 0 Å². The number of hydrogen-bond acceptors (Lipinski definition) is 8. The van der Waals surface area contributed by atoms with Crippen LogP contribution in [0.15, 0.2) is 259 Å². The number of rotatable bonds is 15. The average molecular weight is 1340 g/mol. The van der Waals surface area contributed by atoms with Crippen molar-refractivity contribution >= 4 is 87.3 Å². The van der Waals surface area contributed by atoms with E-state index >= 15 is 0 Å². The molecule has 0 unspecified atom stereocenters. The monoisotopic (exact) mass is 1340 g/mol. The van der Waals surface area contributed by atoms with Gasteiger partial charge >= 0.3 is 0 Å². The van der Waals surface area contributed by atoms with Crippen LogP contribution in [0.2, 0.25) is 0 Å². The predicted molar refractivity (Wildman–Crippen MR) is 426 cm³/mol. The van der Waals surface area contributed by atoms with E-state index in [1.165, 1.54) is 102 Å². The largest absolute Gasteiger partial charge is 0.466 e. The van der Waals surface area contributed by atoms with E-state index in [9.17, 15) is 0 Å². The van der Waals surface area contributed by atoms with Crippen molar-refractivity contribution in [2.24, 2.45) is 0 Å². The Labute approximate surface area is 598 Å². The van der Waals surface area contributed by atoms with Gasteiger partial charge in [-0.15, -0.1) is 22.7 Å². The van der Waals surface area contributed by atoms with Gasteiger partial charge in [0, 0.05) is 81.2 Å². The molecule has 0 bridgehead atoms. The van der Waals surface area contributed by atoms with E-state index in [0.717, 1.165) is 132 Å². The highest BCUT2D eigenvalue weighted by Crippen LogP contribution is 2.29. The number of benzene rings is 8. The molecule has 0 fully saturated rings. The van der Waals surface area contributed by atoms with Gasteiger partial charge in [-0.2, -0.15) is 0 Å². The molecule has 0 aliphatic rings. The highest BCUT2D eigenvalue weighted by Gasteiger charge is 2.11. The van der Waals surface area contributed by atoms with Gasteiger partial charge in [0.1, 0.15) is 11.5 Å². The van der Waals surface area contributed by atoms with Gasteiger partial charge < -0.3 is 4.42 Å². The molecule has 500 valence electrons. The standard InChI is InChI=1S/C20H17NS.2C19H19N.C17H17NO.C17H17NS/c1-14-9-10-15-6-4-7-16(20(15)21-14)11-12-18-13-17-5-2-3-8-19(17)22-18;2*1-14-6-9-16(10-7-14)11-13-18-5-3-4-17-12-8-15(2)20-19(17)18;2*1-12-6-8-14-4-3-5-15(17(14)18-12)9-11-16-10-7-13(2)19-16/h2-10,13H,11-12H2,1H3;2*3-10,12H,11,13H2,1-2H3;2*3-8,10H,9,11H2,1-2H3. The Morgan fingerprint density at radius 3 is 0.960 bits per heavy atom. The maximum atomic E-state index is 5.62. The molecule has 16 rings (SSSR count). The molecular formula is C92H89N5OS2. The molecule has 16 aromatic rings. The fourth-order valence-electron chi connectivity index (χ4n) is 12.8. The Hall–Kier alpha value is -10.3. The second-order valence-electron chi connectivity index (χ2n) is 26.5. The summed E-state index contributed by atoms with van der Waals surface area (Å²) in [5, 5.41) is 7.51. The van der Waals surface area contributed by atoms with Crippen molar-refractivity contribution in [1.29, 1.82) is 0 Å². The molecule has 0 aliphatic heterocycles. The molecule has 8 aromatic heterocycles. The first-order valence-electron chi connectivity index (χ1n) is 35.1. The lowest BCUT2D eigenvalue weighted by atomic mass is 10.0. The maximum absolute atomic E-state index is 5.62. The van der Waals surface area contributed by atoms with E-state index in [1.54, 1.807) is 0 Å². The first-order valence-corrected chi connectivity index (χ1v) is 36.8. The number of furan rings is 1. The van der Waals surface area contributed by atoms with Crippen LogP contribution >= 0.6 is 22.7 Å². The number of pyridine rings is 5. The Kier molecular flexibility index (Phi) is 23.4. The summed E-state index contributed by atoms with van der Waals surface area (Å²) in [5.41, 5.74) is 23.2. The quantitative estimate of drug-likeness (QED) is 0.102. The second-order valence-corrected chi connectivity index (χ2v) is 29.0. The second kappa shape index (κ2) is 33.5. The zero-order valence-corrected chi connectivity index (χ0v) is 60.9. The third kappa shape index (κ3) is 18.9. The normalized spacial score (nSPS) is 11.1. The average Bonchev–Trinajstić information content (AvgIpc) is 0.911. The number of hydrogen-bond donors (Lipinski definition) is 0. The molecule has 0 atom stereocenters. The predicted octanol–water partition coefficient (Wildman–Crippen LogP) is 23.7. The van der Waals surface area contributed by atoms with Gasteiger partial charge in [0.05, 0.1) is 27.6 Å². The van der Waals surface area contributed by atoms with Gasteiger partial charge in [0.2, 0.25) is 0 Å². The first kappa shape index (κ1) is 69.6. The molecule has 0 saturated carbocycles. The van der Waals surface area contributed by atoms with Crippen LogP contribution in [-0.2, 0) is 64.2 Å². The molecule has 0 aliphatic carbocycles. The molecule has 0 saturated heterocycles. The summed E-state index contributed by atoms with van der Waals surface area (Å²) in [4.78, 5) is 27.8. The summed E-state index contributed by atoms with van der Waals surface area (Å²) >= 11 is 3.80. The number of thiophene rings is 2. The van der Waals surface area contributed by atoms with E-state index in [1.807, 2.05) is 42.6 Å². The van der Waals surface area contributed by atoms with Gasteiger partial charge in [0.15, 0.2) is 0 Å². The molecule has 8 heterocycles. The van der Waals surface area contributed by atoms with Crippen molar-refractivity contribution in [1.82, 2.24) is 24.9 Å². The van der Waals surface area contributed by atoms with Gasteiger partial charge in [0.25, 0.3) is 0 Å². The third-order valence-corrected chi connectivity index (χ3v) is 20.5. The van der Waals surface area contributed by atoms with Crippen molar-refractivity contribution in [3.05, 3.63) is 359 Å². The number of para-hydroxylation sites is 5. The van der Waals surface area contributed by atoms with Crippen molar-refractivity contribution in [2.45, 2.75) is 127 Å². The molecule has 100 heavy (non-hydrogen) atoms. The Morgan fingerprint density at radius 2 is 0.610 bits per heavy atom. The number of aromatic nitrogens is 5. The fourth-order valence-corrected chi connectivity index (χ4v) is 14.7. The van der Waals surface area contributed by atoms with E-state index in [2.05, 4.69) is 302 Å².